The summed E-state index contributed by atoms with van der Waals surface area (Å²) in [6.45, 7) is 5.35. The van der Waals surface area contributed by atoms with Crippen LogP contribution in [-0.4, -0.2) is 86.2 Å². The molecule has 0 saturated carbocycles. The fraction of sp³-hybridized carbons (Fsp3) is 0.333. The van der Waals surface area contributed by atoms with E-state index in [9.17, 15) is 24.3 Å². The van der Waals surface area contributed by atoms with Gasteiger partial charge in [0.25, 0.3) is 0 Å². The number of carboxylic acids is 1. The van der Waals surface area contributed by atoms with E-state index < -0.39 is 23.9 Å². The molecule has 1 aromatic rings. The first-order chi connectivity index (χ1) is 12.1. The molecule has 0 spiro atoms. The molecule has 2 N–H and O–H groups in total. The summed E-state index contributed by atoms with van der Waals surface area (Å²) in [6, 6.07) is 3.41. The maximum atomic E-state index is 11.5. The second-order valence-electron chi connectivity index (χ2n) is 5.65. The van der Waals surface area contributed by atoms with Crippen LogP contribution in [0.3, 0.4) is 0 Å². The summed E-state index contributed by atoms with van der Waals surface area (Å²) in [5.74, 6) is -2.43. The number of carbonyl (C=O) groups is 4. The van der Waals surface area contributed by atoms with Crippen molar-refractivity contribution in [2.75, 3.05) is 0 Å². The molecule has 0 heterocycles. The van der Waals surface area contributed by atoms with Crippen LogP contribution in [0.15, 0.2) is 30.0 Å². The predicted molar refractivity (Wildman–Crippen MR) is 98.9 cm³/mol. The third-order valence-electron chi connectivity index (χ3n) is 3.08. The molecule has 0 aliphatic rings. The van der Waals surface area contributed by atoms with Gasteiger partial charge in [0.1, 0.15) is 6.04 Å². The molecule has 1 atom stereocenters. The van der Waals surface area contributed by atoms with Crippen LogP contribution in [0.2, 0.25) is 0 Å². The van der Waals surface area contributed by atoms with Crippen LogP contribution in [0.5, 0.6) is 11.5 Å². The van der Waals surface area contributed by atoms with E-state index in [-0.39, 0.29) is 75.1 Å². The van der Waals surface area contributed by atoms with Gasteiger partial charge in [-0.2, -0.15) is 0 Å². The molecule has 1 aromatic carbocycles. The Kier molecular flexibility index (Phi) is 11.4. The topological polar surface area (TPSA) is 119 Å². The zero-order valence-electron chi connectivity index (χ0n) is 15.0. The van der Waals surface area contributed by atoms with E-state index in [0.29, 0.717) is 11.3 Å². The Hall–Kier alpha value is -1.52. The van der Waals surface area contributed by atoms with Gasteiger partial charge in [-0.1, -0.05) is 6.07 Å². The number of aliphatic carboxylic acids is 1. The Balaban J connectivity index is 0.00000676. The molecule has 0 fully saturated rings. The number of hydrogen-bond donors (Lipinski definition) is 2. The van der Waals surface area contributed by atoms with Crippen molar-refractivity contribution in [3.05, 3.63) is 35.5 Å². The molecular weight excluding hydrogens is 381 g/mol. The van der Waals surface area contributed by atoms with Gasteiger partial charge in [0.05, 0.1) is 0 Å². The number of rotatable bonds is 8. The summed E-state index contributed by atoms with van der Waals surface area (Å²) in [7, 11) is 0. The van der Waals surface area contributed by atoms with Crippen molar-refractivity contribution in [2.45, 2.75) is 40.2 Å². The van der Waals surface area contributed by atoms with Crippen molar-refractivity contribution in [2.24, 2.45) is 0 Å². The van der Waals surface area contributed by atoms with Crippen LogP contribution in [0, 0.1) is 0 Å². The average Bonchev–Trinajstić information content (AvgIpc) is 2.47. The van der Waals surface area contributed by atoms with E-state index in [1.54, 1.807) is 13.0 Å². The molecule has 1 rings (SSSR count). The summed E-state index contributed by atoms with van der Waals surface area (Å²) in [6.07, 6.45) is 1.34. The van der Waals surface area contributed by atoms with Crippen LogP contribution in [0.25, 0.3) is 0 Å². The van der Waals surface area contributed by atoms with Crippen molar-refractivity contribution in [3.63, 3.8) is 0 Å². The van der Waals surface area contributed by atoms with Gasteiger partial charge in [-0.3, -0.25) is 14.4 Å². The van der Waals surface area contributed by atoms with E-state index in [1.165, 1.54) is 39.0 Å². The second-order valence-corrected chi connectivity index (χ2v) is 5.65. The number of ketones is 1. The third kappa shape index (κ3) is 9.82. The Labute approximate surface area is 199 Å². The van der Waals surface area contributed by atoms with E-state index in [1.807, 2.05) is 0 Å². The van der Waals surface area contributed by atoms with Crippen molar-refractivity contribution in [3.8, 4) is 11.5 Å². The molecule has 9 heteroatoms. The van der Waals surface area contributed by atoms with Gasteiger partial charge in [-0.15, -0.1) is 0 Å². The van der Waals surface area contributed by atoms with E-state index in [4.69, 9.17) is 9.47 Å². The summed E-state index contributed by atoms with van der Waals surface area (Å²) >= 11 is 0. The zero-order chi connectivity index (χ0) is 19.9. The Morgan fingerprint density at radius 1 is 1.04 bits per heavy atom. The number of nitrogens with one attached hydrogen (secondary N) is 1. The van der Waals surface area contributed by atoms with Gasteiger partial charge in [0, 0.05) is 26.0 Å². The van der Waals surface area contributed by atoms with Gasteiger partial charge in [-0.25, -0.2) is 4.79 Å². The third-order valence-corrected chi connectivity index (χ3v) is 3.08. The molecule has 0 unspecified atom stereocenters. The molecule has 0 aromatic heterocycles. The van der Waals surface area contributed by atoms with Crippen molar-refractivity contribution in [1.82, 2.24) is 5.32 Å². The number of benzene rings is 1. The monoisotopic (exact) mass is 403 g/mol. The normalized spacial score (nSPS) is 11.6. The SMILES string of the molecule is CC(=O)/C=C(\C)N[C@@H](Cc1ccc(OC(C)=O)c(OC(C)=O)c1)C(=O)O.[KH]. The Morgan fingerprint density at radius 2 is 1.59 bits per heavy atom. The quantitative estimate of drug-likeness (QED) is 0.285. The fourth-order valence-corrected chi connectivity index (χ4v) is 2.21. The van der Waals surface area contributed by atoms with Crippen LogP contribution in [0.1, 0.15) is 33.3 Å². The maximum absolute atomic E-state index is 11.5. The van der Waals surface area contributed by atoms with Crippen molar-refractivity contribution in [1.29, 1.82) is 0 Å². The minimum absolute atomic E-state index is 0. The van der Waals surface area contributed by atoms with Gasteiger partial charge < -0.3 is 19.9 Å². The Morgan fingerprint density at radius 3 is 2.07 bits per heavy atom. The molecule has 0 amide bonds. The first-order valence-electron chi connectivity index (χ1n) is 7.76. The van der Waals surface area contributed by atoms with Crippen molar-refractivity contribution < 1.29 is 33.8 Å². The molecule has 0 bridgehead atoms. The molecule has 0 aliphatic carbocycles. The standard InChI is InChI=1S/C18H21NO7.K.H/c1-10(7-11(2)20)19-15(18(23)24)8-14-5-6-16(25-12(3)21)17(9-14)26-13(4)22;;/h5-7,9,15,19H,8H2,1-4H3,(H,23,24);;/b10-7+;;/t15-;;/m0../s1. The molecule has 0 aliphatic heterocycles. The first-order valence-corrected chi connectivity index (χ1v) is 7.76. The van der Waals surface area contributed by atoms with Crippen LogP contribution >= 0.6 is 0 Å². The molecule has 8 nitrogen and oxygen atoms in total. The average molecular weight is 403 g/mol. The van der Waals surface area contributed by atoms with Gasteiger partial charge in [0.2, 0.25) is 0 Å². The summed E-state index contributed by atoms with van der Waals surface area (Å²) in [5, 5.41) is 12.1. The van der Waals surface area contributed by atoms with Crippen LogP contribution < -0.4 is 14.8 Å². The molecular formula is C18H22KNO7. The van der Waals surface area contributed by atoms with Crippen LogP contribution in [0.4, 0.5) is 0 Å². The van der Waals surface area contributed by atoms with Crippen molar-refractivity contribution >= 4 is 75.1 Å². The summed E-state index contributed by atoms with van der Waals surface area (Å²) < 4.78 is 9.99. The van der Waals surface area contributed by atoms with E-state index >= 15 is 0 Å². The van der Waals surface area contributed by atoms with Crippen LogP contribution in [-0.2, 0) is 25.6 Å². The number of esters is 2. The summed E-state index contributed by atoms with van der Waals surface area (Å²) in [4.78, 5) is 44.9. The molecule has 0 saturated heterocycles. The predicted octanol–water partition coefficient (Wildman–Crippen LogP) is 0.967. The molecule has 27 heavy (non-hydrogen) atoms. The first kappa shape index (κ1) is 25.5. The van der Waals surface area contributed by atoms with E-state index in [0.717, 1.165) is 0 Å². The number of hydrogen-bond acceptors (Lipinski definition) is 7. The summed E-state index contributed by atoms with van der Waals surface area (Å²) in [5.41, 5.74) is 0.953. The van der Waals surface area contributed by atoms with Gasteiger partial charge in [-0.05, 0) is 37.6 Å². The van der Waals surface area contributed by atoms with Gasteiger partial charge in [0.15, 0.2) is 17.3 Å². The number of ether oxygens (including phenoxy) is 2. The molecule has 0 radical (unpaired) electrons. The zero-order valence-corrected chi connectivity index (χ0v) is 15.0. The minimum atomic E-state index is -1.11. The number of allylic oxidation sites excluding steroid dienone is 2. The number of carboxylic acid groups (broad SMARTS) is 1. The Bertz CT molecular complexity index is 758. The van der Waals surface area contributed by atoms with Gasteiger partial charge >= 0.3 is 69.3 Å². The number of carbonyl (C=O) groups excluding carboxylic acids is 3. The second kappa shape index (κ2) is 12.0. The molecule has 142 valence electrons. The fourth-order valence-electron chi connectivity index (χ4n) is 2.21. The van der Waals surface area contributed by atoms with E-state index in [2.05, 4.69) is 5.32 Å².